The Balaban J connectivity index is 3.81. The summed E-state index contributed by atoms with van der Waals surface area (Å²) in [6, 6.07) is 0. The van der Waals surface area contributed by atoms with Gasteiger partial charge >= 0.3 is 0 Å². The van der Waals surface area contributed by atoms with Gasteiger partial charge in [0.05, 0.1) is 26.2 Å². The molecule has 0 unspecified atom stereocenters. The maximum absolute atomic E-state index is 3.95. The molecule has 0 radical (unpaired) electrons. The van der Waals surface area contributed by atoms with Gasteiger partial charge in [-0.3, -0.25) is 0 Å². The normalized spacial score (nSPS) is 11.5. The minimum Gasteiger partial charge on any atom is -0.317 e. The van der Waals surface area contributed by atoms with E-state index in [2.05, 4.69) is 39.2 Å². The van der Waals surface area contributed by atoms with Crippen molar-refractivity contribution in [2.45, 2.75) is 78.1 Å². The third-order valence-electron chi connectivity index (χ3n) is 4.47. The lowest BCUT2D eigenvalue weighted by molar-refractivity contribution is -0.917. The van der Waals surface area contributed by atoms with E-state index in [9.17, 15) is 0 Å². The molecule has 0 rings (SSSR count). The number of rotatable bonds is 16. The van der Waals surface area contributed by atoms with Crippen molar-refractivity contribution in [3.63, 3.8) is 0 Å². The van der Waals surface area contributed by atoms with Gasteiger partial charge < -0.3 is 4.48 Å². The van der Waals surface area contributed by atoms with Crippen LogP contribution in [0.1, 0.15) is 78.1 Å². The maximum Gasteiger partial charge on any atom is 0.0973 e. The number of quaternary nitrogens is 1. The highest BCUT2D eigenvalue weighted by atomic mass is 15.3. The molecular formula is C20H40N+. The van der Waals surface area contributed by atoms with Gasteiger partial charge in [0.2, 0.25) is 0 Å². The van der Waals surface area contributed by atoms with Gasteiger partial charge in [0.15, 0.2) is 0 Å². The van der Waals surface area contributed by atoms with E-state index in [0.29, 0.717) is 0 Å². The minimum atomic E-state index is 1.09. The van der Waals surface area contributed by atoms with E-state index in [4.69, 9.17) is 0 Å². The lowest BCUT2D eigenvalue weighted by Crippen LogP contribution is -2.49. The summed E-state index contributed by atoms with van der Waals surface area (Å²) in [5.41, 5.74) is 0. The summed E-state index contributed by atoms with van der Waals surface area (Å²) in [6.45, 7) is 17.2. The zero-order chi connectivity index (χ0) is 15.8. The largest absolute Gasteiger partial charge is 0.317 e. The van der Waals surface area contributed by atoms with E-state index >= 15 is 0 Å². The Morgan fingerprint density at radius 2 is 1.10 bits per heavy atom. The quantitative estimate of drug-likeness (QED) is 0.183. The fraction of sp³-hybridized carbons (Fsp3) is 0.800. The van der Waals surface area contributed by atoms with Crippen molar-refractivity contribution in [1.29, 1.82) is 0 Å². The molecule has 0 N–H and O–H groups in total. The molecule has 0 aromatic rings. The van der Waals surface area contributed by atoms with Crippen molar-refractivity contribution in [2.75, 3.05) is 26.2 Å². The Morgan fingerprint density at radius 3 is 1.52 bits per heavy atom. The smallest absolute Gasteiger partial charge is 0.0973 e. The summed E-state index contributed by atoms with van der Waals surface area (Å²) in [5, 5.41) is 0. The van der Waals surface area contributed by atoms with Gasteiger partial charge in [-0.25, -0.2) is 0 Å². The molecule has 1 nitrogen and oxygen atoms in total. The van der Waals surface area contributed by atoms with E-state index in [1.807, 2.05) is 0 Å². The number of unbranched alkanes of at least 4 members (excludes halogenated alkanes) is 8. The zero-order valence-corrected chi connectivity index (χ0v) is 14.9. The lowest BCUT2D eigenvalue weighted by Gasteiger charge is -2.37. The van der Waals surface area contributed by atoms with Crippen LogP contribution >= 0.6 is 0 Å². The molecule has 0 saturated heterocycles. The maximum atomic E-state index is 3.95. The van der Waals surface area contributed by atoms with Crippen molar-refractivity contribution in [2.24, 2.45) is 0 Å². The van der Waals surface area contributed by atoms with Crippen LogP contribution in [0.2, 0.25) is 0 Å². The third kappa shape index (κ3) is 10.8. The summed E-state index contributed by atoms with van der Waals surface area (Å²) in [4.78, 5) is 0. The Morgan fingerprint density at radius 1 is 0.619 bits per heavy atom. The molecule has 0 heterocycles. The second-order valence-electron chi connectivity index (χ2n) is 6.56. The van der Waals surface area contributed by atoms with Crippen LogP contribution in [-0.4, -0.2) is 30.7 Å². The van der Waals surface area contributed by atoms with Crippen molar-refractivity contribution >= 4 is 0 Å². The molecule has 21 heavy (non-hydrogen) atoms. The van der Waals surface area contributed by atoms with E-state index in [1.165, 1.54) is 81.8 Å². The molecule has 0 amide bonds. The zero-order valence-electron chi connectivity index (χ0n) is 14.9. The fourth-order valence-electron chi connectivity index (χ4n) is 3.33. The molecule has 0 aromatic carbocycles. The summed E-state index contributed by atoms with van der Waals surface area (Å²) in [6.07, 6.45) is 18.1. The van der Waals surface area contributed by atoms with E-state index in [0.717, 1.165) is 13.1 Å². The molecule has 0 atom stereocenters. The molecule has 0 bridgehead atoms. The monoisotopic (exact) mass is 294 g/mol. The molecule has 0 aliphatic rings. The van der Waals surface area contributed by atoms with Crippen molar-refractivity contribution in [3.8, 4) is 0 Å². The molecule has 0 saturated carbocycles. The van der Waals surface area contributed by atoms with Crippen molar-refractivity contribution in [3.05, 3.63) is 25.3 Å². The molecule has 124 valence electrons. The predicted octanol–water partition coefficient (Wildman–Crippen LogP) is 6.12. The standard InChI is InChI=1S/C20H40N/c1-5-9-10-11-12-13-14-15-16-20-21(17-6-2,18-7-3)19-8-4/h6-7H,2-3,5,8-20H2,1,4H3/q+1. The second-order valence-corrected chi connectivity index (χ2v) is 6.56. The van der Waals surface area contributed by atoms with Crippen LogP contribution in [0.25, 0.3) is 0 Å². The molecule has 0 spiro atoms. The summed E-state index contributed by atoms with van der Waals surface area (Å²) < 4.78 is 1.17. The van der Waals surface area contributed by atoms with Crippen LogP contribution in [0.4, 0.5) is 0 Å². The Labute approximate surface area is 134 Å². The van der Waals surface area contributed by atoms with Crippen LogP contribution in [0.3, 0.4) is 0 Å². The number of hydrogen-bond donors (Lipinski definition) is 0. The van der Waals surface area contributed by atoms with Gasteiger partial charge in [-0.15, -0.1) is 0 Å². The van der Waals surface area contributed by atoms with Gasteiger partial charge in [0, 0.05) is 0 Å². The molecule has 1 heteroatoms. The summed E-state index contributed by atoms with van der Waals surface area (Å²) >= 11 is 0. The van der Waals surface area contributed by atoms with Gasteiger partial charge in [-0.2, -0.15) is 0 Å². The molecular weight excluding hydrogens is 254 g/mol. The Kier molecular flexibility index (Phi) is 14.0. The summed E-state index contributed by atoms with van der Waals surface area (Å²) in [5.74, 6) is 0. The van der Waals surface area contributed by atoms with Gasteiger partial charge in [-0.1, -0.05) is 72.0 Å². The van der Waals surface area contributed by atoms with Crippen molar-refractivity contribution < 1.29 is 4.48 Å². The van der Waals surface area contributed by atoms with Gasteiger partial charge in [-0.05, 0) is 31.4 Å². The highest BCUT2D eigenvalue weighted by Gasteiger charge is 2.22. The Hall–Kier alpha value is -0.560. The van der Waals surface area contributed by atoms with Crippen LogP contribution < -0.4 is 0 Å². The molecule has 0 fully saturated rings. The van der Waals surface area contributed by atoms with Crippen molar-refractivity contribution in [1.82, 2.24) is 0 Å². The first-order valence-electron chi connectivity index (χ1n) is 9.31. The highest BCUT2D eigenvalue weighted by molar-refractivity contribution is 4.72. The average molecular weight is 295 g/mol. The minimum absolute atomic E-state index is 1.09. The van der Waals surface area contributed by atoms with Crippen LogP contribution in [0.15, 0.2) is 25.3 Å². The van der Waals surface area contributed by atoms with E-state index in [-0.39, 0.29) is 0 Å². The van der Waals surface area contributed by atoms with Gasteiger partial charge in [0.25, 0.3) is 0 Å². The first-order chi connectivity index (χ1) is 10.2. The first-order valence-corrected chi connectivity index (χ1v) is 9.31. The van der Waals surface area contributed by atoms with E-state index in [1.54, 1.807) is 0 Å². The van der Waals surface area contributed by atoms with E-state index < -0.39 is 0 Å². The highest BCUT2D eigenvalue weighted by Crippen LogP contribution is 2.14. The number of hydrogen-bond acceptors (Lipinski definition) is 0. The predicted molar refractivity (Wildman–Crippen MR) is 97.6 cm³/mol. The average Bonchev–Trinajstić information content (AvgIpc) is 2.46. The topological polar surface area (TPSA) is 0 Å². The second kappa shape index (κ2) is 14.4. The lowest BCUT2D eigenvalue weighted by atomic mass is 10.1. The Bertz CT molecular complexity index is 234. The SMILES string of the molecule is C=CC[N+](CC=C)(CCC)CCCCCCCCCCC. The third-order valence-corrected chi connectivity index (χ3v) is 4.47. The molecule has 0 aromatic heterocycles. The first kappa shape index (κ1) is 20.4. The van der Waals surface area contributed by atoms with Gasteiger partial charge in [0.1, 0.15) is 0 Å². The number of nitrogens with zero attached hydrogens (tertiary/aromatic N) is 1. The summed E-state index contributed by atoms with van der Waals surface area (Å²) in [7, 11) is 0. The van der Waals surface area contributed by atoms with Crippen LogP contribution in [-0.2, 0) is 0 Å². The van der Waals surface area contributed by atoms with Crippen LogP contribution in [0.5, 0.6) is 0 Å². The van der Waals surface area contributed by atoms with Crippen LogP contribution in [0, 0.1) is 0 Å². The molecule has 0 aliphatic carbocycles. The molecule has 0 aliphatic heterocycles. The fourth-order valence-corrected chi connectivity index (χ4v) is 3.33.